The summed E-state index contributed by atoms with van der Waals surface area (Å²) in [4.78, 5) is 8.39. The van der Waals surface area contributed by atoms with Gasteiger partial charge in [-0.1, -0.05) is 0 Å². The molecule has 18 heavy (non-hydrogen) atoms. The number of hydrogen-bond acceptors (Lipinski definition) is 4. The molecule has 0 aliphatic carbocycles. The largest absolute Gasteiger partial charge is 0.496 e. The van der Waals surface area contributed by atoms with Gasteiger partial charge < -0.3 is 10.5 Å². The van der Waals surface area contributed by atoms with Crippen molar-refractivity contribution in [3.8, 4) is 17.0 Å². The van der Waals surface area contributed by atoms with Crippen molar-refractivity contribution in [2.75, 3.05) is 7.11 Å². The van der Waals surface area contributed by atoms with Crippen LogP contribution in [0, 0.1) is 13.8 Å². The maximum Gasteiger partial charge on any atom is 0.128 e. The van der Waals surface area contributed by atoms with E-state index in [0.29, 0.717) is 6.54 Å². The zero-order chi connectivity index (χ0) is 13.1. The van der Waals surface area contributed by atoms with E-state index < -0.39 is 0 Å². The van der Waals surface area contributed by atoms with Gasteiger partial charge in [0.15, 0.2) is 0 Å². The zero-order valence-corrected chi connectivity index (χ0v) is 10.9. The number of aromatic nitrogens is 2. The Balaban J connectivity index is 2.58. The molecule has 0 aliphatic heterocycles. The van der Waals surface area contributed by atoms with Crippen LogP contribution in [-0.2, 0) is 6.54 Å². The summed E-state index contributed by atoms with van der Waals surface area (Å²) >= 11 is 0. The molecule has 1 heterocycles. The molecule has 4 nitrogen and oxygen atoms in total. The van der Waals surface area contributed by atoms with Crippen molar-refractivity contribution in [3.63, 3.8) is 0 Å². The molecule has 2 N–H and O–H groups in total. The summed E-state index contributed by atoms with van der Waals surface area (Å²) in [5.41, 5.74) is 10.6. The highest BCUT2D eigenvalue weighted by molar-refractivity contribution is 5.69. The van der Waals surface area contributed by atoms with Gasteiger partial charge in [-0.2, -0.15) is 0 Å². The van der Waals surface area contributed by atoms with Crippen molar-refractivity contribution in [1.82, 2.24) is 9.97 Å². The number of methoxy groups -OCH3 is 1. The predicted molar refractivity (Wildman–Crippen MR) is 71.4 cm³/mol. The fourth-order valence-electron chi connectivity index (χ4n) is 1.82. The van der Waals surface area contributed by atoms with E-state index in [0.717, 1.165) is 22.7 Å². The zero-order valence-electron chi connectivity index (χ0n) is 10.9. The molecule has 0 saturated heterocycles. The van der Waals surface area contributed by atoms with E-state index in [-0.39, 0.29) is 0 Å². The van der Waals surface area contributed by atoms with Gasteiger partial charge >= 0.3 is 0 Å². The van der Waals surface area contributed by atoms with Crippen molar-refractivity contribution in [1.29, 1.82) is 0 Å². The summed E-state index contributed by atoms with van der Waals surface area (Å²) in [6, 6.07) is 6.00. The molecule has 0 unspecified atom stereocenters. The average Bonchev–Trinajstić information content (AvgIpc) is 2.41. The third-order valence-electron chi connectivity index (χ3n) is 3.02. The molecule has 0 bridgehead atoms. The molecule has 0 spiro atoms. The normalized spacial score (nSPS) is 10.4. The van der Waals surface area contributed by atoms with Gasteiger partial charge in [-0.25, -0.2) is 9.97 Å². The Kier molecular flexibility index (Phi) is 3.58. The van der Waals surface area contributed by atoms with Crippen molar-refractivity contribution >= 4 is 0 Å². The van der Waals surface area contributed by atoms with E-state index >= 15 is 0 Å². The highest BCUT2D eigenvalue weighted by Crippen LogP contribution is 2.31. The maximum absolute atomic E-state index is 5.60. The monoisotopic (exact) mass is 243 g/mol. The summed E-state index contributed by atoms with van der Waals surface area (Å²) in [6.45, 7) is 4.54. The Hall–Kier alpha value is -1.94. The highest BCUT2D eigenvalue weighted by atomic mass is 16.5. The van der Waals surface area contributed by atoms with Gasteiger partial charge in [0.1, 0.15) is 12.1 Å². The molecule has 0 radical (unpaired) electrons. The number of aryl methyl sites for hydroxylation is 2. The molecule has 2 aromatic rings. The minimum atomic E-state index is 0.405. The fourth-order valence-corrected chi connectivity index (χ4v) is 1.82. The first-order valence-corrected chi connectivity index (χ1v) is 5.82. The van der Waals surface area contributed by atoms with Crippen LogP contribution >= 0.6 is 0 Å². The molecule has 94 valence electrons. The molecule has 0 aliphatic rings. The van der Waals surface area contributed by atoms with E-state index in [1.165, 1.54) is 17.5 Å². The number of nitrogens with zero attached hydrogens (tertiary/aromatic N) is 2. The van der Waals surface area contributed by atoms with Gasteiger partial charge in [0, 0.05) is 12.1 Å². The minimum absolute atomic E-state index is 0.405. The van der Waals surface area contributed by atoms with Crippen molar-refractivity contribution in [2.24, 2.45) is 5.73 Å². The molecule has 0 amide bonds. The Morgan fingerprint density at radius 1 is 1.11 bits per heavy atom. The predicted octanol–water partition coefficient (Wildman–Crippen LogP) is 2.23. The van der Waals surface area contributed by atoms with Gasteiger partial charge in [0.25, 0.3) is 0 Å². The standard InChI is InChI=1S/C14H17N3O/c1-9-4-12(14(18-3)5-10(9)2)13-6-11(7-15)16-8-17-13/h4-6,8H,7,15H2,1-3H3. The lowest BCUT2D eigenvalue weighted by atomic mass is 10.0. The van der Waals surface area contributed by atoms with E-state index in [2.05, 4.69) is 29.9 Å². The van der Waals surface area contributed by atoms with Gasteiger partial charge in [0.05, 0.1) is 18.5 Å². The maximum atomic E-state index is 5.60. The van der Waals surface area contributed by atoms with Crippen LogP contribution in [0.5, 0.6) is 5.75 Å². The van der Waals surface area contributed by atoms with Crippen molar-refractivity contribution in [3.05, 3.63) is 41.3 Å². The Morgan fingerprint density at radius 2 is 1.83 bits per heavy atom. The van der Waals surface area contributed by atoms with Crippen LogP contribution in [0.15, 0.2) is 24.5 Å². The van der Waals surface area contributed by atoms with Crippen LogP contribution in [0.2, 0.25) is 0 Å². The van der Waals surface area contributed by atoms with Gasteiger partial charge in [-0.15, -0.1) is 0 Å². The molecule has 0 fully saturated rings. The van der Waals surface area contributed by atoms with Gasteiger partial charge in [-0.05, 0) is 43.2 Å². The number of ether oxygens (including phenoxy) is 1. The summed E-state index contributed by atoms with van der Waals surface area (Å²) in [5.74, 6) is 0.819. The van der Waals surface area contributed by atoms with Crippen LogP contribution < -0.4 is 10.5 Å². The second-order valence-corrected chi connectivity index (χ2v) is 4.24. The Labute approximate surface area is 107 Å². The van der Waals surface area contributed by atoms with Crippen LogP contribution in [0.3, 0.4) is 0 Å². The van der Waals surface area contributed by atoms with Crippen molar-refractivity contribution in [2.45, 2.75) is 20.4 Å². The smallest absolute Gasteiger partial charge is 0.128 e. The Bertz CT molecular complexity index is 567. The second kappa shape index (κ2) is 5.14. The molecule has 0 saturated carbocycles. The SMILES string of the molecule is COc1cc(C)c(C)cc1-c1cc(CN)ncn1. The summed E-state index contributed by atoms with van der Waals surface area (Å²) in [5, 5.41) is 0. The van der Waals surface area contributed by atoms with Crippen LogP contribution in [0.4, 0.5) is 0 Å². The van der Waals surface area contributed by atoms with Gasteiger partial charge in [0.2, 0.25) is 0 Å². The Morgan fingerprint density at radius 3 is 2.50 bits per heavy atom. The first kappa shape index (κ1) is 12.5. The number of hydrogen-bond donors (Lipinski definition) is 1. The molecule has 1 aromatic heterocycles. The van der Waals surface area contributed by atoms with Crippen LogP contribution in [0.1, 0.15) is 16.8 Å². The molecule has 0 atom stereocenters. The lowest BCUT2D eigenvalue weighted by Crippen LogP contribution is -2.01. The first-order valence-electron chi connectivity index (χ1n) is 5.82. The van der Waals surface area contributed by atoms with Crippen LogP contribution in [-0.4, -0.2) is 17.1 Å². The molecular formula is C14H17N3O. The quantitative estimate of drug-likeness (QED) is 0.898. The van der Waals surface area contributed by atoms with E-state index in [1.807, 2.05) is 12.1 Å². The van der Waals surface area contributed by atoms with E-state index in [4.69, 9.17) is 10.5 Å². The van der Waals surface area contributed by atoms with E-state index in [1.54, 1.807) is 7.11 Å². The lowest BCUT2D eigenvalue weighted by molar-refractivity contribution is 0.416. The molecular weight excluding hydrogens is 226 g/mol. The number of benzene rings is 1. The van der Waals surface area contributed by atoms with Gasteiger partial charge in [-0.3, -0.25) is 0 Å². The first-order chi connectivity index (χ1) is 8.65. The minimum Gasteiger partial charge on any atom is -0.496 e. The third kappa shape index (κ3) is 2.33. The average molecular weight is 243 g/mol. The molecule has 1 aromatic carbocycles. The topological polar surface area (TPSA) is 61.0 Å². The fraction of sp³-hybridized carbons (Fsp3) is 0.286. The van der Waals surface area contributed by atoms with Crippen molar-refractivity contribution < 1.29 is 4.74 Å². The molecule has 2 rings (SSSR count). The van der Waals surface area contributed by atoms with Crippen LogP contribution in [0.25, 0.3) is 11.3 Å². The molecule has 4 heteroatoms. The van der Waals surface area contributed by atoms with E-state index in [9.17, 15) is 0 Å². The highest BCUT2D eigenvalue weighted by Gasteiger charge is 2.10. The summed E-state index contributed by atoms with van der Waals surface area (Å²) in [6.07, 6.45) is 1.53. The second-order valence-electron chi connectivity index (χ2n) is 4.24. The number of nitrogens with two attached hydrogens (primary N) is 1. The summed E-state index contributed by atoms with van der Waals surface area (Å²) < 4.78 is 5.42. The number of rotatable bonds is 3. The summed E-state index contributed by atoms with van der Waals surface area (Å²) in [7, 11) is 1.67. The third-order valence-corrected chi connectivity index (χ3v) is 3.02. The lowest BCUT2D eigenvalue weighted by Gasteiger charge is -2.11.